The highest BCUT2D eigenvalue weighted by Gasteiger charge is 2.20. The minimum Gasteiger partial charge on any atom is -0.496 e. The van der Waals surface area contributed by atoms with E-state index in [4.69, 9.17) is 9.26 Å². The van der Waals surface area contributed by atoms with Crippen molar-refractivity contribution in [1.82, 2.24) is 14.9 Å². The third-order valence-electron chi connectivity index (χ3n) is 4.22. The number of hydrogen-bond acceptors (Lipinski definition) is 6. The molecule has 0 radical (unpaired) electrons. The van der Waals surface area contributed by atoms with Gasteiger partial charge in [-0.3, -0.25) is 0 Å². The molecule has 0 spiro atoms. The Balaban J connectivity index is 1.82. The lowest BCUT2D eigenvalue weighted by molar-refractivity contribution is 0.401. The van der Waals surface area contributed by atoms with Crippen molar-refractivity contribution >= 4 is 10.0 Å². The van der Waals surface area contributed by atoms with Crippen LogP contribution in [0.25, 0.3) is 11.5 Å². The molecule has 2 aromatic carbocycles. The van der Waals surface area contributed by atoms with E-state index in [9.17, 15) is 8.42 Å². The van der Waals surface area contributed by atoms with Crippen molar-refractivity contribution in [2.24, 2.45) is 0 Å². The van der Waals surface area contributed by atoms with E-state index in [0.29, 0.717) is 30.1 Å². The summed E-state index contributed by atoms with van der Waals surface area (Å²) in [7, 11) is -2.19. The molecule has 8 heteroatoms. The zero-order chi connectivity index (χ0) is 20.1. The van der Waals surface area contributed by atoms with Gasteiger partial charge in [-0.25, -0.2) is 13.1 Å². The van der Waals surface area contributed by atoms with Crippen LogP contribution in [0.15, 0.2) is 57.9 Å². The average Bonchev–Trinajstić information content (AvgIpc) is 3.18. The highest BCUT2D eigenvalue weighted by Crippen LogP contribution is 2.31. The van der Waals surface area contributed by atoms with Crippen molar-refractivity contribution in [2.75, 3.05) is 13.7 Å². The number of methoxy groups -OCH3 is 1. The summed E-state index contributed by atoms with van der Waals surface area (Å²) in [6.07, 6.45) is 0.602. The van der Waals surface area contributed by atoms with Crippen molar-refractivity contribution in [2.45, 2.75) is 31.1 Å². The topological polar surface area (TPSA) is 94.3 Å². The van der Waals surface area contributed by atoms with Crippen LogP contribution in [0.1, 0.15) is 31.2 Å². The lowest BCUT2D eigenvalue weighted by atomic mass is 10.2. The summed E-state index contributed by atoms with van der Waals surface area (Å²) >= 11 is 0. The Morgan fingerprint density at radius 2 is 1.89 bits per heavy atom. The Labute approximate surface area is 164 Å². The molecule has 0 amide bonds. The van der Waals surface area contributed by atoms with Crippen LogP contribution in [0, 0.1) is 0 Å². The number of hydrogen-bond donors (Lipinski definition) is 1. The zero-order valence-electron chi connectivity index (χ0n) is 16.0. The van der Waals surface area contributed by atoms with Crippen molar-refractivity contribution < 1.29 is 17.7 Å². The molecule has 28 heavy (non-hydrogen) atoms. The molecular formula is C20H23N3O4S. The third-order valence-corrected chi connectivity index (χ3v) is 5.68. The maximum absolute atomic E-state index is 12.7. The van der Waals surface area contributed by atoms with Crippen molar-refractivity contribution in [3.05, 3.63) is 59.9 Å². The predicted molar refractivity (Wildman–Crippen MR) is 106 cm³/mol. The van der Waals surface area contributed by atoms with Gasteiger partial charge in [-0.15, -0.1) is 0 Å². The molecule has 0 atom stereocenters. The summed E-state index contributed by atoms with van der Waals surface area (Å²) in [5.74, 6) is 1.32. The minimum atomic E-state index is -3.69. The van der Waals surface area contributed by atoms with Crippen LogP contribution in [0.4, 0.5) is 0 Å². The highest BCUT2D eigenvalue weighted by molar-refractivity contribution is 7.89. The smallest absolute Gasteiger partial charge is 0.261 e. The Morgan fingerprint density at radius 3 is 2.54 bits per heavy atom. The third kappa shape index (κ3) is 4.58. The molecule has 0 saturated heterocycles. The number of benzene rings is 2. The second-order valence-corrected chi connectivity index (χ2v) is 8.37. The van der Waals surface area contributed by atoms with Crippen LogP contribution in [-0.2, 0) is 16.4 Å². The van der Waals surface area contributed by atoms with E-state index in [-0.39, 0.29) is 16.7 Å². The molecule has 7 nitrogen and oxygen atoms in total. The fourth-order valence-corrected chi connectivity index (χ4v) is 3.72. The summed E-state index contributed by atoms with van der Waals surface area (Å²) in [6, 6.07) is 14.3. The summed E-state index contributed by atoms with van der Waals surface area (Å²) < 4.78 is 38.7. The van der Waals surface area contributed by atoms with Gasteiger partial charge < -0.3 is 9.26 Å². The average molecular weight is 401 g/mol. The van der Waals surface area contributed by atoms with Gasteiger partial charge in [0.05, 0.1) is 17.6 Å². The minimum absolute atomic E-state index is 0.0927. The Morgan fingerprint density at radius 1 is 1.14 bits per heavy atom. The van der Waals surface area contributed by atoms with E-state index in [1.807, 2.05) is 44.2 Å². The summed E-state index contributed by atoms with van der Waals surface area (Å²) in [4.78, 5) is 4.45. The van der Waals surface area contributed by atoms with E-state index < -0.39 is 10.0 Å². The van der Waals surface area contributed by atoms with Crippen LogP contribution in [0.2, 0.25) is 0 Å². The number of aromatic nitrogens is 2. The van der Waals surface area contributed by atoms with Crippen molar-refractivity contribution in [3.8, 4) is 17.2 Å². The zero-order valence-corrected chi connectivity index (χ0v) is 16.9. The fourth-order valence-electron chi connectivity index (χ4n) is 2.66. The normalized spacial score (nSPS) is 11.7. The molecule has 3 rings (SSSR count). The summed E-state index contributed by atoms with van der Waals surface area (Å²) in [5, 5.41) is 3.94. The molecular weight excluding hydrogens is 378 g/mol. The highest BCUT2D eigenvalue weighted by atomic mass is 32.2. The lowest BCUT2D eigenvalue weighted by Gasteiger charge is -2.10. The molecule has 148 valence electrons. The van der Waals surface area contributed by atoms with E-state index in [2.05, 4.69) is 14.9 Å². The molecule has 3 aromatic rings. The van der Waals surface area contributed by atoms with Gasteiger partial charge >= 0.3 is 0 Å². The summed E-state index contributed by atoms with van der Waals surface area (Å²) in [6.45, 7) is 4.19. The summed E-state index contributed by atoms with van der Waals surface area (Å²) in [5.41, 5.74) is 1.50. The van der Waals surface area contributed by atoms with Gasteiger partial charge in [0, 0.05) is 12.5 Å². The quantitative estimate of drug-likeness (QED) is 0.622. The number of nitrogens with one attached hydrogen (secondary N) is 1. The molecule has 0 fully saturated rings. The van der Waals surface area contributed by atoms with Crippen LogP contribution < -0.4 is 9.46 Å². The van der Waals surface area contributed by atoms with Gasteiger partial charge in [0.2, 0.25) is 10.0 Å². The van der Waals surface area contributed by atoms with Crippen molar-refractivity contribution in [1.29, 1.82) is 0 Å². The first-order chi connectivity index (χ1) is 13.4. The first-order valence-corrected chi connectivity index (χ1v) is 10.4. The van der Waals surface area contributed by atoms with Crippen LogP contribution >= 0.6 is 0 Å². The second kappa shape index (κ2) is 8.53. The van der Waals surface area contributed by atoms with E-state index >= 15 is 0 Å². The second-order valence-electron chi connectivity index (χ2n) is 6.61. The number of ether oxygens (including phenoxy) is 1. The van der Waals surface area contributed by atoms with Gasteiger partial charge in [0.25, 0.3) is 5.89 Å². The van der Waals surface area contributed by atoms with Gasteiger partial charge in [-0.1, -0.05) is 49.3 Å². The largest absolute Gasteiger partial charge is 0.496 e. The standard InChI is InChI=1S/C20H23N3O4S/c1-14(2)19-22-20(27-23-19)17-13-16(9-10-18(17)26-3)28(24,25)21-12-11-15-7-5-4-6-8-15/h4-10,13-14,21H,11-12H2,1-3H3. The molecule has 0 aliphatic rings. The maximum atomic E-state index is 12.7. The van der Waals surface area contributed by atoms with E-state index in [0.717, 1.165) is 5.56 Å². The molecule has 1 heterocycles. The van der Waals surface area contributed by atoms with Crippen LogP contribution in [0.3, 0.4) is 0 Å². The number of nitrogens with zero attached hydrogens (tertiary/aromatic N) is 2. The molecule has 1 N–H and O–H groups in total. The molecule has 0 saturated carbocycles. The Bertz CT molecular complexity index is 1030. The van der Waals surface area contributed by atoms with Crippen molar-refractivity contribution in [3.63, 3.8) is 0 Å². The lowest BCUT2D eigenvalue weighted by Crippen LogP contribution is -2.26. The monoisotopic (exact) mass is 401 g/mol. The predicted octanol–water partition coefficient (Wildman–Crippen LogP) is 3.39. The van der Waals surface area contributed by atoms with E-state index in [1.54, 1.807) is 6.07 Å². The Hall–Kier alpha value is -2.71. The molecule has 0 aliphatic carbocycles. The molecule has 0 unspecified atom stereocenters. The Kier molecular flexibility index (Phi) is 6.11. The van der Waals surface area contributed by atoms with Gasteiger partial charge in [-0.05, 0) is 30.2 Å². The molecule has 0 aliphatic heterocycles. The molecule has 1 aromatic heterocycles. The van der Waals surface area contributed by atoms with Gasteiger partial charge in [0.1, 0.15) is 5.75 Å². The van der Waals surface area contributed by atoms with Gasteiger partial charge in [-0.2, -0.15) is 4.98 Å². The number of rotatable bonds is 8. The SMILES string of the molecule is COc1ccc(S(=O)(=O)NCCc2ccccc2)cc1-c1nc(C(C)C)no1. The van der Waals surface area contributed by atoms with Gasteiger partial charge in [0.15, 0.2) is 5.82 Å². The maximum Gasteiger partial charge on any atom is 0.261 e. The fraction of sp³-hybridized carbons (Fsp3) is 0.300. The first-order valence-electron chi connectivity index (χ1n) is 8.96. The van der Waals surface area contributed by atoms with Crippen LogP contribution in [0.5, 0.6) is 5.75 Å². The first kappa shape index (κ1) is 20.0. The molecule has 0 bridgehead atoms. The number of sulfonamides is 1. The van der Waals surface area contributed by atoms with Crippen LogP contribution in [-0.4, -0.2) is 32.2 Å². The van der Waals surface area contributed by atoms with E-state index in [1.165, 1.54) is 19.2 Å².